The lowest BCUT2D eigenvalue weighted by Gasteiger charge is -2.20. The van der Waals surface area contributed by atoms with Crippen LogP contribution in [0.1, 0.15) is 60.3 Å². The minimum Gasteiger partial charge on any atom is -0.476 e. The minimum atomic E-state index is -0.912. The van der Waals surface area contributed by atoms with Gasteiger partial charge in [-0.1, -0.05) is 0 Å². The Balaban J connectivity index is 1.67. The van der Waals surface area contributed by atoms with E-state index < -0.39 is 5.97 Å². The summed E-state index contributed by atoms with van der Waals surface area (Å²) in [7, 11) is 0. The molecule has 5 nitrogen and oxygen atoms in total. The van der Waals surface area contributed by atoms with Gasteiger partial charge < -0.3 is 5.11 Å². The number of fused-ring (bicyclic) bond motifs is 1. The van der Waals surface area contributed by atoms with Gasteiger partial charge in [0.05, 0.1) is 0 Å². The second-order valence-corrected chi connectivity index (χ2v) is 5.93. The molecule has 1 fully saturated rings. The molecule has 2 aliphatic rings. The van der Waals surface area contributed by atoms with Crippen molar-refractivity contribution in [1.82, 2.24) is 9.78 Å². The molecule has 1 aromatic heterocycles. The molecular formula is C15H20N2O3. The number of carboxylic acids is 1. The fourth-order valence-electron chi connectivity index (χ4n) is 3.46. The number of carbonyl (C=O) groups is 2. The molecule has 1 N–H and O–H groups in total. The number of aromatic nitrogens is 2. The zero-order chi connectivity index (χ0) is 14.1. The highest BCUT2D eigenvalue weighted by molar-refractivity contribution is 5.87. The molecule has 0 atom stereocenters. The maximum Gasteiger partial charge on any atom is 0.356 e. The normalized spacial score (nSPS) is 19.3. The Bertz CT molecular complexity index is 538. The van der Waals surface area contributed by atoms with Crippen LogP contribution >= 0.6 is 0 Å². The first-order chi connectivity index (χ1) is 9.65. The van der Waals surface area contributed by atoms with Gasteiger partial charge in [0, 0.05) is 30.6 Å². The second kappa shape index (κ2) is 5.38. The van der Waals surface area contributed by atoms with Crippen molar-refractivity contribution in [3.63, 3.8) is 0 Å². The van der Waals surface area contributed by atoms with E-state index in [-0.39, 0.29) is 5.69 Å². The maximum absolute atomic E-state index is 11.2. The lowest BCUT2D eigenvalue weighted by Crippen LogP contribution is -2.16. The standard InChI is InChI=1S/C15H20N2O3/c18-11-6-4-10(5-7-11)8-9-17-13-3-1-2-12(13)14(16-17)15(19)20/h10H,1-9H2,(H,19,20). The average Bonchev–Trinajstić information content (AvgIpc) is 3.00. The molecule has 0 aliphatic heterocycles. The number of aryl methyl sites for hydroxylation is 1. The molecule has 0 saturated heterocycles. The molecule has 1 saturated carbocycles. The molecular weight excluding hydrogens is 256 g/mol. The van der Waals surface area contributed by atoms with Crippen LogP contribution in [0.5, 0.6) is 0 Å². The molecule has 3 rings (SSSR count). The molecule has 0 bridgehead atoms. The Morgan fingerprint density at radius 1 is 1.25 bits per heavy atom. The van der Waals surface area contributed by atoms with Gasteiger partial charge in [-0.2, -0.15) is 5.10 Å². The summed E-state index contributed by atoms with van der Waals surface area (Å²) in [6.45, 7) is 0.786. The highest BCUT2D eigenvalue weighted by atomic mass is 16.4. The molecule has 0 radical (unpaired) electrons. The highest BCUT2D eigenvalue weighted by Crippen LogP contribution is 2.28. The average molecular weight is 276 g/mol. The zero-order valence-electron chi connectivity index (χ0n) is 11.6. The van der Waals surface area contributed by atoms with Crippen LogP contribution in [0.4, 0.5) is 0 Å². The van der Waals surface area contributed by atoms with E-state index in [1.165, 1.54) is 0 Å². The van der Waals surface area contributed by atoms with Gasteiger partial charge in [-0.05, 0) is 44.4 Å². The van der Waals surface area contributed by atoms with E-state index in [0.29, 0.717) is 24.5 Å². The molecule has 0 spiro atoms. The van der Waals surface area contributed by atoms with Gasteiger partial charge in [0.2, 0.25) is 0 Å². The summed E-state index contributed by atoms with van der Waals surface area (Å²) in [6, 6.07) is 0. The van der Waals surface area contributed by atoms with Crippen molar-refractivity contribution in [3.8, 4) is 0 Å². The molecule has 2 aliphatic carbocycles. The Kier molecular flexibility index (Phi) is 3.59. The van der Waals surface area contributed by atoms with Crippen LogP contribution in [-0.2, 0) is 24.2 Å². The third-order valence-corrected chi connectivity index (χ3v) is 4.62. The number of hydrogen-bond donors (Lipinski definition) is 1. The van der Waals surface area contributed by atoms with Gasteiger partial charge in [0.1, 0.15) is 5.78 Å². The van der Waals surface area contributed by atoms with E-state index in [0.717, 1.165) is 56.3 Å². The summed E-state index contributed by atoms with van der Waals surface area (Å²) in [5, 5.41) is 13.5. The van der Waals surface area contributed by atoms with Crippen molar-refractivity contribution in [2.75, 3.05) is 0 Å². The maximum atomic E-state index is 11.2. The molecule has 1 heterocycles. The molecule has 0 amide bonds. The van der Waals surface area contributed by atoms with Crippen molar-refractivity contribution < 1.29 is 14.7 Å². The van der Waals surface area contributed by atoms with Crippen LogP contribution in [0, 0.1) is 5.92 Å². The predicted octanol–water partition coefficient (Wildman–Crippen LogP) is 2.22. The largest absolute Gasteiger partial charge is 0.476 e. The number of aromatic carboxylic acids is 1. The van der Waals surface area contributed by atoms with Crippen LogP contribution in [0.15, 0.2) is 0 Å². The smallest absolute Gasteiger partial charge is 0.356 e. The van der Waals surface area contributed by atoms with Gasteiger partial charge in [-0.15, -0.1) is 0 Å². The van der Waals surface area contributed by atoms with Gasteiger partial charge >= 0.3 is 5.97 Å². The van der Waals surface area contributed by atoms with Crippen molar-refractivity contribution in [2.24, 2.45) is 5.92 Å². The van der Waals surface area contributed by atoms with E-state index in [2.05, 4.69) is 5.10 Å². The summed E-state index contributed by atoms with van der Waals surface area (Å²) in [6.07, 6.45) is 7.20. The van der Waals surface area contributed by atoms with Crippen molar-refractivity contribution in [2.45, 2.75) is 57.9 Å². The van der Waals surface area contributed by atoms with Gasteiger partial charge in [0.15, 0.2) is 5.69 Å². The molecule has 0 aromatic carbocycles. The second-order valence-electron chi connectivity index (χ2n) is 5.93. The third kappa shape index (κ3) is 2.49. The quantitative estimate of drug-likeness (QED) is 0.915. The fraction of sp³-hybridized carbons (Fsp3) is 0.667. The van der Waals surface area contributed by atoms with Crippen LogP contribution in [-0.4, -0.2) is 26.6 Å². The van der Waals surface area contributed by atoms with Crippen LogP contribution in [0.2, 0.25) is 0 Å². The summed E-state index contributed by atoms with van der Waals surface area (Å²) in [5.74, 6) is 0.0572. The van der Waals surface area contributed by atoms with Crippen LogP contribution < -0.4 is 0 Å². The molecule has 108 valence electrons. The Labute approximate surface area is 118 Å². The monoisotopic (exact) mass is 276 g/mol. The Morgan fingerprint density at radius 3 is 2.70 bits per heavy atom. The van der Waals surface area contributed by atoms with Gasteiger partial charge in [-0.25, -0.2) is 4.79 Å². The van der Waals surface area contributed by atoms with E-state index in [1.54, 1.807) is 0 Å². The van der Waals surface area contributed by atoms with E-state index in [4.69, 9.17) is 0 Å². The number of carbonyl (C=O) groups excluding carboxylic acids is 1. The number of ketones is 1. The van der Waals surface area contributed by atoms with Crippen molar-refractivity contribution in [3.05, 3.63) is 17.0 Å². The SMILES string of the molecule is O=C1CCC(CCn2nc(C(=O)O)c3c2CCC3)CC1. The number of Topliss-reactive ketones (excluding diaryl/α,β-unsaturated/α-hetero) is 1. The molecule has 0 unspecified atom stereocenters. The first-order valence-electron chi connectivity index (χ1n) is 7.48. The Morgan fingerprint density at radius 2 is 2.00 bits per heavy atom. The lowest BCUT2D eigenvalue weighted by atomic mass is 9.86. The van der Waals surface area contributed by atoms with E-state index >= 15 is 0 Å². The summed E-state index contributed by atoms with van der Waals surface area (Å²) >= 11 is 0. The summed E-state index contributed by atoms with van der Waals surface area (Å²) in [5.41, 5.74) is 2.31. The van der Waals surface area contributed by atoms with E-state index in [1.807, 2.05) is 4.68 Å². The lowest BCUT2D eigenvalue weighted by molar-refractivity contribution is -0.121. The number of nitrogens with zero attached hydrogens (tertiary/aromatic N) is 2. The first kappa shape index (κ1) is 13.3. The van der Waals surface area contributed by atoms with Crippen LogP contribution in [0.25, 0.3) is 0 Å². The third-order valence-electron chi connectivity index (χ3n) is 4.62. The topological polar surface area (TPSA) is 72.2 Å². The molecule has 1 aromatic rings. The zero-order valence-corrected chi connectivity index (χ0v) is 11.6. The van der Waals surface area contributed by atoms with Gasteiger partial charge in [0.25, 0.3) is 0 Å². The minimum absolute atomic E-state index is 0.247. The van der Waals surface area contributed by atoms with E-state index in [9.17, 15) is 14.7 Å². The summed E-state index contributed by atoms with van der Waals surface area (Å²) in [4.78, 5) is 22.4. The number of rotatable bonds is 4. The predicted molar refractivity (Wildman–Crippen MR) is 72.8 cm³/mol. The number of hydrogen-bond acceptors (Lipinski definition) is 3. The Hall–Kier alpha value is -1.65. The molecule has 20 heavy (non-hydrogen) atoms. The highest BCUT2D eigenvalue weighted by Gasteiger charge is 2.26. The fourth-order valence-corrected chi connectivity index (χ4v) is 3.46. The van der Waals surface area contributed by atoms with Gasteiger partial charge in [-0.3, -0.25) is 9.48 Å². The molecule has 5 heteroatoms. The number of carboxylic acid groups (broad SMARTS) is 1. The van der Waals surface area contributed by atoms with Crippen molar-refractivity contribution in [1.29, 1.82) is 0 Å². The van der Waals surface area contributed by atoms with Crippen LogP contribution in [0.3, 0.4) is 0 Å². The van der Waals surface area contributed by atoms with Crippen molar-refractivity contribution >= 4 is 11.8 Å². The first-order valence-corrected chi connectivity index (χ1v) is 7.48. The summed E-state index contributed by atoms with van der Waals surface area (Å²) < 4.78 is 1.90.